The Kier molecular flexibility index (Phi) is 6.57. The van der Waals surface area contributed by atoms with Crippen LogP contribution in [0.15, 0.2) is 35.6 Å². The molecule has 43 heavy (non-hydrogen) atoms. The van der Waals surface area contributed by atoms with Gasteiger partial charge in [0.15, 0.2) is 5.82 Å². The Labute approximate surface area is 252 Å². The maximum Gasteiger partial charge on any atom is 0.319 e. The lowest BCUT2D eigenvalue weighted by atomic mass is 9.95. The van der Waals surface area contributed by atoms with Gasteiger partial charge in [-0.1, -0.05) is 0 Å². The molecule has 4 aliphatic heterocycles. The van der Waals surface area contributed by atoms with Crippen molar-refractivity contribution in [3.63, 3.8) is 0 Å². The molecule has 2 N–H and O–H groups in total. The molecule has 4 saturated heterocycles. The topological polar surface area (TPSA) is 99.5 Å². The minimum absolute atomic E-state index is 0.00819. The van der Waals surface area contributed by atoms with E-state index in [9.17, 15) is 9.50 Å². The fourth-order valence-corrected chi connectivity index (χ4v) is 8.34. The van der Waals surface area contributed by atoms with Gasteiger partial charge in [-0.3, -0.25) is 9.88 Å². The monoisotopic (exact) mass is 605 g/mol. The largest absolute Gasteiger partial charge is 0.508 e. The van der Waals surface area contributed by atoms with Crippen LogP contribution in [0.3, 0.4) is 0 Å². The number of nitrogens with one attached hydrogen (secondary N) is 1. The van der Waals surface area contributed by atoms with Gasteiger partial charge >= 0.3 is 6.01 Å². The molecule has 0 spiro atoms. The number of ether oxygens (including phenoxy) is 1. The van der Waals surface area contributed by atoms with E-state index in [2.05, 4.69) is 30.1 Å². The van der Waals surface area contributed by atoms with E-state index in [0.717, 1.165) is 50.7 Å². The third-order valence-electron chi connectivity index (χ3n) is 9.65. The number of pyridine rings is 2. The lowest BCUT2D eigenvalue weighted by Gasteiger charge is -2.34. The number of aromatic nitrogens is 4. The highest BCUT2D eigenvalue weighted by Gasteiger charge is 2.49. The first-order valence-electron chi connectivity index (χ1n) is 15.0. The number of phenols is 1. The predicted molar refractivity (Wildman–Crippen MR) is 162 cm³/mol. The number of hydrogen-bond acceptors (Lipinski definition) is 10. The van der Waals surface area contributed by atoms with Crippen LogP contribution in [0.5, 0.6) is 11.8 Å². The zero-order chi connectivity index (χ0) is 29.3. The molecule has 1 aromatic carbocycles. The third kappa shape index (κ3) is 4.56. The number of rotatable bonds is 6. The van der Waals surface area contributed by atoms with Crippen molar-refractivity contribution in [2.24, 2.45) is 0 Å². The number of thioether (sulfide) groups is 1. The van der Waals surface area contributed by atoms with Crippen molar-refractivity contribution in [3.05, 3.63) is 36.4 Å². The van der Waals surface area contributed by atoms with Gasteiger partial charge in [0.1, 0.15) is 40.6 Å². The SMILES string of the molecule is CSc1nccc2cc(O)cc(-c3ncc4c(N5C[C@H]6CC[C@@H](C5)N6)nc(OC[C@@]56CCCN5C[C@H](F)C6)nc4c3F)c12. The minimum atomic E-state index is -0.878. The molecule has 0 amide bonds. The van der Waals surface area contributed by atoms with Crippen LogP contribution in [0, 0.1) is 5.82 Å². The van der Waals surface area contributed by atoms with Gasteiger partial charge in [-0.05, 0) is 62.1 Å². The van der Waals surface area contributed by atoms with Crippen molar-refractivity contribution < 1.29 is 18.6 Å². The number of fused-ring (bicyclic) bond motifs is 5. The van der Waals surface area contributed by atoms with E-state index in [4.69, 9.17) is 9.72 Å². The Morgan fingerprint density at radius 3 is 2.81 bits per heavy atom. The molecule has 0 radical (unpaired) electrons. The van der Waals surface area contributed by atoms with Crippen LogP contribution in [0.4, 0.5) is 14.6 Å². The van der Waals surface area contributed by atoms with E-state index in [-0.39, 0.29) is 35.1 Å². The van der Waals surface area contributed by atoms with E-state index >= 15 is 4.39 Å². The first-order chi connectivity index (χ1) is 20.9. The molecular formula is C31H33F2N7O2S. The van der Waals surface area contributed by atoms with Crippen LogP contribution in [-0.2, 0) is 0 Å². The van der Waals surface area contributed by atoms with Gasteiger partial charge in [0, 0.05) is 61.5 Å². The molecule has 8 rings (SSSR count). The van der Waals surface area contributed by atoms with E-state index in [0.29, 0.717) is 52.2 Å². The highest BCUT2D eigenvalue weighted by atomic mass is 32.2. The van der Waals surface area contributed by atoms with Gasteiger partial charge in [-0.15, -0.1) is 11.8 Å². The number of piperazine rings is 1. The van der Waals surface area contributed by atoms with Crippen LogP contribution >= 0.6 is 11.8 Å². The van der Waals surface area contributed by atoms with Crippen molar-refractivity contribution in [1.29, 1.82) is 0 Å². The molecule has 9 nitrogen and oxygen atoms in total. The molecule has 12 heteroatoms. The summed E-state index contributed by atoms with van der Waals surface area (Å²) >= 11 is 1.45. The highest BCUT2D eigenvalue weighted by Crippen LogP contribution is 2.42. The Morgan fingerprint density at radius 1 is 1.16 bits per heavy atom. The summed E-state index contributed by atoms with van der Waals surface area (Å²) in [5.74, 6) is -0.00902. The molecule has 224 valence electrons. The first-order valence-corrected chi connectivity index (χ1v) is 16.2. The Morgan fingerprint density at radius 2 is 2.00 bits per heavy atom. The molecular weight excluding hydrogens is 572 g/mol. The van der Waals surface area contributed by atoms with Crippen molar-refractivity contribution in [2.75, 3.05) is 43.9 Å². The number of halogens is 2. The minimum Gasteiger partial charge on any atom is -0.508 e. The maximum absolute atomic E-state index is 16.7. The number of aromatic hydroxyl groups is 1. The van der Waals surface area contributed by atoms with Gasteiger partial charge in [0.05, 0.1) is 10.9 Å². The van der Waals surface area contributed by atoms with Crippen LogP contribution < -0.4 is 15.0 Å². The van der Waals surface area contributed by atoms with Gasteiger partial charge in [0.25, 0.3) is 0 Å². The molecule has 4 aliphatic rings. The summed E-state index contributed by atoms with van der Waals surface area (Å²) in [6.45, 7) is 3.01. The molecule has 7 heterocycles. The van der Waals surface area contributed by atoms with Crippen LogP contribution in [0.1, 0.15) is 32.1 Å². The van der Waals surface area contributed by atoms with Gasteiger partial charge in [0.2, 0.25) is 0 Å². The number of phenolic OH excluding ortho intramolecular Hbond substituents is 1. The van der Waals surface area contributed by atoms with Gasteiger partial charge in [-0.2, -0.15) is 9.97 Å². The molecule has 0 aliphatic carbocycles. The molecule has 4 aromatic rings. The van der Waals surface area contributed by atoms with E-state index < -0.39 is 12.0 Å². The smallest absolute Gasteiger partial charge is 0.319 e. The molecule has 2 bridgehead atoms. The highest BCUT2D eigenvalue weighted by molar-refractivity contribution is 7.98. The number of alkyl halides is 1. The first kappa shape index (κ1) is 27.2. The Bertz CT molecular complexity index is 1730. The molecule has 4 fully saturated rings. The fraction of sp³-hybridized carbons (Fsp3) is 0.484. The molecule has 0 unspecified atom stereocenters. The second kappa shape index (κ2) is 10.4. The summed E-state index contributed by atoms with van der Waals surface area (Å²) in [5, 5.41) is 16.9. The summed E-state index contributed by atoms with van der Waals surface area (Å²) in [5.41, 5.74) is 0.243. The number of nitrogens with zero attached hydrogens (tertiary/aromatic N) is 6. The van der Waals surface area contributed by atoms with E-state index in [1.807, 2.05) is 6.26 Å². The van der Waals surface area contributed by atoms with Gasteiger partial charge in [-0.25, -0.2) is 13.8 Å². The lowest BCUT2D eigenvalue weighted by molar-refractivity contribution is 0.107. The third-order valence-corrected chi connectivity index (χ3v) is 10.3. The van der Waals surface area contributed by atoms with Crippen LogP contribution in [0.25, 0.3) is 32.9 Å². The van der Waals surface area contributed by atoms with Crippen molar-refractivity contribution in [3.8, 4) is 23.0 Å². The molecule has 4 atom stereocenters. The Hall–Kier alpha value is -3.35. The van der Waals surface area contributed by atoms with Crippen LogP contribution in [0.2, 0.25) is 0 Å². The maximum atomic E-state index is 16.7. The second-order valence-electron chi connectivity index (χ2n) is 12.3. The number of benzene rings is 1. The quantitative estimate of drug-likeness (QED) is 0.301. The lowest BCUT2D eigenvalue weighted by Crippen LogP contribution is -2.51. The van der Waals surface area contributed by atoms with Crippen LogP contribution in [-0.4, -0.2) is 92.8 Å². The summed E-state index contributed by atoms with van der Waals surface area (Å²) < 4.78 is 37.4. The molecule has 3 aromatic heterocycles. The zero-order valence-electron chi connectivity index (χ0n) is 23.9. The average Bonchev–Trinajstić information content (AvgIpc) is 3.65. The van der Waals surface area contributed by atoms with Crippen molar-refractivity contribution in [2.45, 2.75) is 60.9 Å². The summed E-state index contributed by atoms with van der Waals surface area (Å²) in [6.07, 6.45) is 8.78. The number of anilines is 1. The predicted octanol–water partition coefficient (Wildman–Crippen LogP) is 4.70. The summed E-state index contributed by atoms with van der Waals surface area (Å²) in [6, 6.07) is 5.72. The average molecular weight is 606 g/mol. The van der Waals surface area contributed by atoms with Crippen molar-refractivity contribution in [1.82, 2.24) is 30.2 Å². The van der Waals surface area contributed by atoms with Gasteiger partial charge < -0.3 is 20.1 Å². The van der Waals surface area contributed by atoms with E-state index in [1.54, 1.807) is 24.5 Å². The fourth-order valence-electron chi connectivity index (χ4n) is 7.74. The second-order valence-corrected chi connectivity index (χ2v) is 13.1. The zero-order valence-corrected chi connectivity index (χ0v) is 24.7. The van der Waals surface area contributed by atoms with E-state index in [1.165, 1.54) is 17.8 Å². The summed E-state index contributed by atoms with van der Waals surface area (Å²) in [4.78, 5) is 22.9. The normalized spacial score (nSPS) is 27.0. The van der Waals surface area contributed by atoms with Crippen molar-refractivity contribution >= 4 is 39.3 Å². The number of hydrogen-bond donors (Lipinski definition) is 2. The Balaban J connectivity index is 1.26. The standard InChI is InChI=1S/C31H33F2N7O2S/c1-43-29-24-17(5-7-34-29)9-21(41)10-22(24)26-25(33)27-23(12-35-26)28(39-14-19-3-4-20(15-39)36-19)38-30(37-27)42-16-31-6-2-8-40(31)13-18(32)11-31/h5,7,9-10,12,18-20,36,41H,2-4,6,8,11,13-16H2,1H3/t18-,19-,20+,31+/m1/s1. The molecule has 0 saturated carbocycles. The summed E-state index contributed by atoms with van der Waals surface area (Å²) in [7, 11) is 0.